The number of ether oxygens (including phenoxy) is 1. The molecule has 0 N–H and O–H groups in total. The third kappa shape index (κ3) is 2.89. The fraction of sp³-hybridized carbons (Fsp3) is 0.455. The van der Waals surface area contributed by atoms with Gasteiger partial charge in [0.05, 0.1) is 12.9 Å². The lowest BCUT2D eigenvalue weighted by atomic mass is 10.4. The van der Waals surface area contributed by atoms with E-state index in [1.807, 2.05) is 30.7 Å². The quantitative estimate of drug-likeness (QED) is 0.583. The first-order chi connectivity index (χ1) is 8.33. The lowest BCUT2D eigenvalue weighted by Crippen LogP contribution is -1.99. The first-order valence-electron chi connectivity index (χ1n) is 5.46. The zero-order chi connectivity index (χ0) is 12.1. The van der Waals surface area contributed by atoms with Crippen molar-refractivity contribution in [1.82, 2.24) is 14.8 Å². The van der Waals surface area contributed by atoms with Gasteiger partial charge in [-0.2, -0.15) is 0 Å². The van der Waals surface area contributed by atoms with Crippen LogP contribution in [0, 0.1) is 0 Å². The van der Waals surface area contributed by atoms with E-state index in [4.69, 9.17) is 9.15 Å². The fourth-order valence-electron chi connectivity index (χ4n) is 1.40. The summed E-state index contributed by atoms with van der Waals surface area (Å²) in [6.07, 6.45) is 1.63. The van der Waals surface area contributed by atoms with Crippen LogP contribution in [0.15, 0.2) is 28.0 Å². The first-order valence-corrected chi connectivity index (χ1v) is 6.45. The van der Waals surface area contributed by atoms with Gasteiger partial charge in [0.25, 0.3) is 0 Å². The van der Waals surface area contributed by atoms with Gasteiger partial charge in [-0.1, -0.05) is 11.8 Å². The minimum Gasteiger partial charge on any atom is -0.461 e. The maximum Gasteiger partial charge on any atom is 0.200 e. The predicted molar refractivity (Wildman–Crippen MR) is 65.9 cm³/mol. The van der Waals surface area contributed by atoms with Gasteiger partial charge in [0, 0.05) is 19.4 Å². The Balaban J connectivity index is 2.01. The van der Waals surface area contributed by atoms with Gasteiger partial charge < -0.3 is 13.7 Å². The van der Waals surface area contributed by atoms with Gasteiger partial charge in [-0.15, -0.1) is 10.2 Å². The Bertz CT molecular complexity index is 453. The number of hydrogen-bond acceptors (Lipinski definition) is 5. The van der Waals surface area contributed by atoms with Crippen LogP contribution in [0.2, 0.25) is 0 Å². The number of nitrogens with zero attached hydrogens (tertiary/aromatic N) is 3. The molecule has 0 fully saturated rings. The van der Waals surface area contributed by atoms with Crippen molar-refractivity contribution in [2.24, 2.45) is 7.05 Å². The third-order valence-corrected chi connectivity index (χ3v) is 3.22. The highest BCUT2D eigenvalue weighted by Gasteiger charge is 2.12. The number of rotatable bonds is 6. The van der Waals surface area contributed by atoms with E-state index in [1.54, 1.807) is 18.0 Å². The Morgan fingerprint density at radius 1 is 1.47 bits per heavy atom. The molecule has 2 rings (SSSR count). The average molecular weight is 253 g/mol. The van der Waals surface area contributed by atoms with Crippen molar-refractivity contribution in [2.75, 3.05) is 19.0 Å². The summed E-state index contributed by atoms with van der Waals surface area (Å²) in [5, 5.41) is 9.12. The molecule has 0 aliphatic carbocycles. The van der Waals surface area contributed by atoms with Crippen molar-refractivity contribution in [3.8, 4) is 11.6 Å². The van der Waals surface area contributed by atoms with E-state index in [2.05, 4.69) is 10.2 Å². The summed E-state index contributed by atoms with van der Waals surface area (Å²) in [4.78, 5) is 0. The van der Waals surface area contributed by atoms with Crippen molar-refractivity contribution in [3.63, 3.8) is 0 Å². The smallest absolute Gasteiger partial charge is 0.200 e. The van der Waals surface area contributed by atoms with E-state index in [0.29, 0.717) is 0 Å². The molecule has 6 heteroatoms. The SMILES string of the molecule is CCOCCSc1nnc(-c2ccco2)n1C. The summed E-state index contributed by atoms with van der Waals surface area (Å²) in [7, 11) is 1.93. The molecule has 92 valence electrons. The number of furan rings is 1. The van der Waals surface area contributed by atoms with Crippen LogP contribution in [0.4, 0.5) is 0 Å². The third-order valence-electron chi connectivity index (χ3n) is 2.24. The summed E-state index contributed by atoms with van der Waals surface area (Å²) in [5.41, 5.74) is 0. The molecule has 0 bridgehead atoms. The van der Waals surface area contributed by atoms with Crippen LogP contribution in [-0.2, 0) is 11.8 Å². The molecule has 0 aliphatic rings. The second-order valence-corrected chi connectivity index (χ2v) is 4.45. The highest BCUT2D eigenvalue weighted by Crippen LogP contribution is 2.22. The van der Waals surface area contributed by atoms with E-state index >= 15 is 0 Å². The van der Waals surface area contributed by atoms with Gasteiger partial charge >= 0.3 is 0 Å². The van der Waals surface area contributed by atoms with Gasteiger partial charge in [-0.25, -0.2) is 0 Å². The molecule has 0 atom stereocenters. The van der Waals surface area contributed by atoms with Gasteiger partial charge in [0.2, 0.25) is 0 Å². The summed E-state index contributed by atoms with van der Waals surface area (Å²) < 4.78 is 12.5. The van der Waals surface area contributed by atoms with Crippen LogP contribution in [0.3, 0.4) is 0 Å². The zero-order valence-corrected chi connectivity index (χ0v) is 10.7. The van der Waals surface area contributed by atoms with E-state index in [1.165, 1.54) is 0 Å². The number of aromatic nitrogens is 3. The van der Waals surface area contributed by atoms with Crippen molar-refractivity contribution < 1.29 is 9.15 Å². The number of thioether (sulfide) groups is 1. The zero-order valence-electron chi connectivity index (χ0n) is 9.92. The van der Waals surface area contributed by atoms with Crippen LogP contribution in [-0.4, -0.2) is 33.7 Å². The maximum absolute atomic E-state index is 5.30. The van der Waals surface area contributed by atoms with E-state index in [0.717, 1.165) is 35.7 Å². The molecule has 0 aliphatic heterocycles. The monoisotopic (exact) mass is 253 g/mol. The highest BCUT2D eigenvalue weighted by atomic mass is 32.2. The second kappa shape index (κ2) is 5.88. The average Bonchev–Trinajstić information content (AvgIpc) is 2.95. The summed E-state index contributed by atoms with van der Waals surface area (Å²) >= 11 is 1.63. The van der Waals surface area contributed by atoms with Gasteiger partial charge in [0.1, 0.15) is 0 Å². The standard InChI is InChI=1S/C11H15N3O2S/c1-3-15-7-8-17-11-13-12-10(14(11)2)9-5-4-6-16-9/h4-6H,3,7-8H2,1-2H3. The minimum absolute atomic E-state index is 0.726. The molecule has 0 unspecified atom stereocenters. The summed E-state index contributed by atoms with van der Waals surface area (Å²) in [6.45, 7) is 3.46. The van der Waals surface area contributed by atoms with Crippen LogP contribution in [0.1, 0.15) is 6.92 Å². The van der Waals surface area contributed by atoms with Crippen LogP contribution >= 0.6 is 11.8 Å². The van der Waals surface area contributed by atoms with Crippen LogP contribution in [0.5, 0.6) is 0 Å². The van der Waals surface area contributed by atoms with Crippen molar-refractivity contribution in [3.05, 3.63) is 18.4 Å². The van der Waals surface area contributed by atoms with Gasteiger partial charge in [-0.3, -0.25) is 0 Å². The minimum atomic E-state index is 0.726. The molecule has 0 saturated carbocycles. The largest absolute Gasteiger partial charge is 0.461 e. The Morgan fingerprint density at radius 3 is 3.06 bits per heavy atom. The predicted octanol–water partition coefficient (Wildman–Crippen LogP) is 2.20. The Hall–Kier alpha value is -1.27. The topological polar surface area (TPSA) is 53.1 Å². The molecule has 0 saturated heterocycles. The van der Waals surface area contributed by atoms with E-state index in [9.17, 15) is 0 Å². The molecule has 5 nitrogen and oxygen atoms in total. The van der Waals surface area contributed by atoms with Crippen LogP contribution < -0.4 is 0 Å². The van der Waals surface area contributed by atoms with Crippen molar-refractivity contribution >= 4 is 11.8 Å². The molecule has 0 radical (unpaired) electrons. The lowest BCUT2D eigenvalue weighted by Gasteiger charge is -2.02. The normalized spacial score (nSPS) is 10.9. The highest BCUT2D eigenvalue weighted by molar-refractivity contribution is 7.99. The maximum atomic E-state index is 5.30. The Kier molecular flexibility index (Phi) is 4.22. The Morgan fingerprint density at radius 2 is 2.35 bits per heavy atom. The second-order valence-electron chi connectivity index (χ2n) is 3.39. The molecule has 0 spiro atoms. The molecule has 0 aromatic carbocycles. The molecular weight excluding hydrogens is 238 g/mol. The van der Waals surface area contributed by atoms with Gasteiger partial charge in [0.15, 0.2) is 16.7 Å². The van der Waals surface area contributed by atoms with Crippen molar-refractivity contribution in [2.45, 2.75) is 12.1 Å². The molecule has 2 aromatic rings. The Labute approximate surface area is 104 Å². The molecule has 2 aromatic heterocycles. The lowest BCUT2D eigenvalue weighted by molar-refractivity contribution is 0.164. The molecule has 0 amide bonds. The summed E-state index contributed by atoms with van der Waals surface area (Å²) in [5.74, 6) is 2.35. The van der Waals surface area contributed by atoms with E-state index in [-0.39, 0.29) is 0 Å². The first kappa shape index (κ1) is 12.2. The molecule has 17 heavy (non-hydrogen) atoms. The fourth-order valence-corrected chi connectivity index (χ4v) is 2.16. The summed E-state index contributed by atoms with van der Waals surface area (Å²) in [6, 6.07) is 3.71. The molecule has 2 heterocycles. The van der Waals surface area contributed by atoms with Gasteiger partial charge in [-0.05, 0) is 19.1 Å². The molecular formula is C11H15N3O2S. The van der Waals surface area contributed by atoms with Crippen LogP contribution in [0.25, 0.3) is 11.6 Å². The number of hydrogen-bond donors (Lipinski definition) is 0. The van der Waals surface area contributed by atoms with E-state index < -0.39 is 0 Å². The van der Waals surface area contributed by atoms with Crippen molar-refractivity contribution in [1.29, 1.82) is 0 Å².